The van der Waals surface area contributed by atoms with Gasteiger partial charge in [0.2, 0.25) is 0 Å². The zero-order valence-electron chi connectivity index (χ0n) is 12.8. The van der Waals surface area contributed by atoms with Crippen LogP contribution in [0.1, 0.15) is 38.3 Å². The molecule has 0 spiro atoms. The number of rotatable bonds is 6. The molecule has 0 aliphatic heterocycles. The summed E-state index contributed by atoms with van der Waals surface area (Å²) in [5.74, 6) is 0.660. The van der Waals surface area contributed by atoms with Gasteiger partial charge in [0, 0.05) is 6.04 Å². The monoisotopic (exact) mass is 267 g/mol. The van der Waals surface area contributed by atoms with Crippen LogP contribution in [-0.4, -0.2) is 7.05 Å². The molecule has 1 nitrogen and oxygen atoms in total. The molecule has 0 amide bonds. The van der Waals surface area contributed by atoms with Gasteiger partial charge < -0.3 is 5.32 Å². The molecule has 0 aliphatic rings. The van der Waals surface area contributed by atoms with Crippen LogP contribution in [0.2, 0.25) is 0 Å². The first kappa shape index (κ1) is 14.8. The molecule has 1 heteroatoms. The molecule has 0 radical (unpaired) electrons. The van der Waals surface area contributed by atoms with Crippen LogP contribution < -0.4 is 5.32 Å². The number of nitrogens with one attached hydrogen (secondary N) is 1. The first-order valence-electron chi connectivity index (χ1n) is 7.59. The fourth-order valence-corrected chi connectivity index (χ4v) is 2.92. The largest absolute Gasteiger partial charge is 0.313 e. The van der Waals surface area contributed by atoms with Crippen LogP contribution in [0.5, 0.6) is 0 Å². The van der Waals surface area contributed by atoms with Crippen molar-refractivity contribution in [2.24, 2.45) is 5.92 Å². The average molecular weight is 267 g/mol. The second kappa shape index (κ2) is 7.25. The quantitative estimate of drug-likeness (QED) is 0.772. The van der Waals surface area contributed by atoms with Gasteiger partial charge in [-0.2, -0.15) is 0 Å². The highest BCUT2D eigenvalue weighted by Gasteiger charge is 2.16. The molecule has 2 unspecified atom stereocenters. The number of hydrogen-bond donors (Lipinski definition) is 1. The molecule has 106 valence electrons. The lowest BCUT2D eigenvalue weighted by Gasteiger charge is -2.24. The summed E-state index contributed by atoms with van der Waals surface area (Å²) in [4.78, 5) is 0. The van der Waals surface area contributed by atoms with E-state index < -0.39 is 0 Å². The van der Waals surface area contributed by atoms with Gasteiger partial charge in [0.05, 0.1) is 0 Å². The molecule has 1 N–H and O–H groups in total. The van der Waals surface area contributed by atoms with Gasteiger partial charge in [-0.05, 0) is 36.1 Å². The molecule has 0 aliphatic carbocycles. The van der Waals surface area contributed by atoms with E-state index in [2.05, 4.69) is 80.8 Å². The van der Waals surface area contributed by atoms with Gasteiger partial charge in [-0.1, -0.05) is 74.9 Å². The fourth-order valence-electron chi connectivity index (χ4n) is 2.92. The van der Waals surface area contributed by atoms with E-state index in [9.17, 15) is 0 Å². The van der Waals surface area contributed by atoms with Crippen molar-refractivity contribution in [1.82, 2.24) is 5.32 Å². The summed E-state index contributed by atoms with van der Waals surface area (Å²) in [5.41, 5.74) is 3.95. The summed E-state index contributed by atoms with van der Waals surface area (Å²) in [7, 11) is 2.06. The lowest BCUT2D eigenvalue weighted by molar-refractivity contribution is 0.384. The van der Waals surface area contributed by atoms with Gasteiger partial charge in [-0.15, -0.1) is 0 Å². The second-order valence-electron chi connectivity index (χ2n) is 5.52. The standard InChI is InChI=1S/C19H25N/c1-4-8-15(2)19(20-3)18-13-11-17(12-14-18)16-9-6-5-7-10-16/h5-7,9-15,19-20H,4,8H2,1-3H3. The van der Waals surface area contributed by atoms with E-state index in [1.807, 2.05) is 0 Å². The predicted octanol–water partition coefficient (Wildman–Crippen LogP) is 5.05. The lowest BCUT2D eigenvalue weighted by Crippen LogP contribution is -2.23. The van der Waals surface area contributed by atoms with Crippen LogP contribution >= 0.6 is 0 Å². The normalized spacial score (nSPS) is 13.9. The van der Waals surface area contributed by atoms with E-state index in [0.717, 1.165) is 0 Å². The van der Waals surface area contributed by atoms with E-state index in [4.69, 9.17) is 0 Å². The molecule has 20 heavy (non-hydrogen) atoms. The van der Waals surface area contributed by atoms with E-state index in [1.165, 1.54) is 29.5 Å². The van der Waals surface area contributed by atoms with Crippen molar-refractivity contribution in [3.63, 3.8) is 0 Å². The molecule has 2 aromatic rings. The third-order valence-electron chi connectivity index (χ3n) is 4.00. The van der Waals surface area contributed by atoms with E-state index >= 15 is 0 Å². The molecule has 0 saturated heterocycles. The maximum atomic E-state index is 3.46. The van der Waals surface area contributed by atoms with Crippen molar-refractivity contribution < 1.29 is 0 Å². The maximum Gasteiger partial charge on any atom is 0.0343 e. The molecule has 0 heterocycles. The minimum Gasteiger partial charge on any atom is -0.313 e. The Morgan fingerprint density at radius 1 is 0.900 bits per heavy atom. The van der Waals surface area contributed by atoms with E-state index in [1.54, 1.807) is 0 Å². The Bertz CT molecular complexity index is 501. The van der Waals surface area contributed by atoms with Crippen LogP contribution in [0.25, 0.3) is 11.1 Å². The summed E-state index contributed by atoms with van der Waals surface area (Å²) in [6.07, 6.45) is 2.49. The summed E-state index contributed by atoms with van der Waals surface area (Å²) < 4.78 is 0. The molecule has 0 bridgehead atoms. The van der Waals surface area contributed by atoms with Crippen molar-refractivity contribution in [3.8, 4) is 11.1 Å². The highest BCUT2D eigenvalue weighted by atomic mass is 14.9. The van der Waals surface area contributed by atoms with Gasteiger partial charge in [0.1, 0.15) is 0 Å². The SMILES string of the molecule is CCCC(C)C(NC)c1ccc(-c2ccccc2)cc1. The van der Waals surface area contributed by atoms with Crippen LogP contribution in [0.15, 0.2) is 54.6 Å². The van der Waals surface area contributed by atoms with Crippen molar-refractivity contribution in [2.75, 3.05) is 7.05 Å². The molecule has 2 rings (SSSR count). The van der Waals surface area contributed by atoms with Crippen LogP contribution in [0.4, 0.5) is 0 Å². The average Bonchev–Trinajstić information content (AvgIpc) is 2.50. The molecule has 0 aromatic heterocycles. The third kappa shape index (κ3) is 3.49. The van der Waals surface area contributed by atoms with Gasteiger partial charge in [0.15, 0.2) is 0 Å². The summed E-state index contributed by atoms with van der Waals surface area (Å²) in [6, 6.07) is 20.0. The first-order chi connectivity index (χ1) is 9.76. The van der Waals surface area contributed by atoms with Crippen molar-refractivity contribution >= 4 is 0 Å². The minimum absolute atomic E-state index is 0.444. The lowest BCUT2D eigenvalue weighted by atomic mass is 9.90. The zero-order valence-corrected chi connectivity index (χ0v) is 12.8. The number of benzene rings is 2. The Balaban J connectivity index is 2.18. The van der Waals surface area contributed by atoms with Crippen LogP contribution in [0.3, 0.4) is 0 Å². The summed E-state index contributed by atoms with van der Waals surface area (Å²) in [6.45, 7) is 4.58. The Kier molecular flexibility index (Phi) is 5.37. The molecule has 0 fully saturated rings. The highest BCUT2D eigenvalue weighted by molar-refractivity contribution is 5.63. The zero-order chi connectivity index (χ0) is 14.4. The van der Waals surface area contributed by atoms with Gasteiger partial charge in [0.25, 0.3) is 0 Å². The van der Waals surface area contributed by atoms with Gasteiger partial charge >= 0.3 is 0 Å². The third-order valence-corrected chi connectivity index (χ3v) is 4.00. The van der Waals surface area contributed by atoms with Crippen molar-refractivity contribution in [1.29, 1.82) is 0 Å². The molecule has 2 aromatic carbocycles. The highest BCUT2D eigenvalue weighted by Crippen LogP contribution is 2.27. The van der Waals surface area contributed by atoms with Gasteiger partial charge in [-0.3, -0.25) is 0 Å². The topological polar surface area (TPSA) is 12.0 Å². The van der Waals surface area contributed by atoms with Gasteiger partial charge in [-0.25, -0.2) is 0 Å². The summed E-state index contributed by atoms with van der Waals surface area (Å²) >= 11 is 0. The molecule has 0 saturated carbocycles. The Morgan fingerprint density at radius 2 is 1.50 bits per heavy atom. The fraction of sp³-hybridized carbons (Fsp3) is 0.368. The van der Waals surface area contributed by atoms with E-state index in [-0.39, 0.29) is 0 Å². The molecular weight excluding hydrogens is 242 g/mol. The van der Waals surface area contributed by atoms with Crippen molar-refractivity contribution in [3.05, 3.63) is 60.2 Å². The van der Waals surface area contributed by atoms with Crippen LogP contribution in [-0.2, 0) is 0 Å². The number of hydrogen-bond acceptors (Lipinski definition) is 1. The predicted molar refractivity (Wildman–Crippen MR) is 87.8 cm³/mol. The Hall–Kier alpha value is -1.60. The minimum atomic E-state index is 0.444. The Labute approximate surface area is 123 Å². The summed E-state index contributed by atoms with van der Waals surface area (Å²) in [5, 5.41) is 3.46. The van der Waals surface area contributed by atoms with Crippen molar-refractivity contribution in [2.45, 2.75) is 32.7 Å². The first-order valence-corrected chi connectivity index (χ1v) is 7.59. The van der Waals surface area contributed by atoms with Crippen LogP contribution in [0, 0.1) is 5.92 Å². The Morgan fingerprint density at radius 3 is 2.05 bits per heavy atom. The molecular formula is C19H25N. The second-order valence-corrected chi connectivity index (χ2v) is 5.52. The molecule has 2 atom stereocenters. The van der Waals surface area contributed by atoms with E-state index in [0.29, 0.717) is 12.0 Å². The maximum absolute atomic E-state index is 3.46. The smallest absolute Gasteiger partial charge is 0.0343 e.